The van der Waals surface area contributed by atoms with Crippen LogP contribution in [0.25, 0.3) is 16.6 Å². The van der Waals surface area contributed by atoms with E-state index in [4.69, 9.17) is 14.5 Å². The van der Waals surface area contributed by atoms with Gasteiger partial charge >= 0.3 is 0 Å². The van der Waals surface area contributed by atoms with Crippen molar-refractivity contribution in [3.63, 3.8) is 0 Å². The highest BCUT2D eigenvalue weighted by atomic mass is 16.5. The van der Waals surface area contributed by atoms with Gasteiger partial charge in [0, 0.05) is 6.54 Å². The van der Waals surface area contributed by atoms with Crippen molar-refractivity contribution in [2.45, 2.75) is 39.8 Å². The Morgan fingerprint density at radius 2 is 1.68 bits per heavy atom. The molecule has 3 aromatic carbocycles. The molecule has 192 valence electrons. The molecule has 0 bridgehead atoms. The minimum atomic E-state index is -0.461. The predicted octanol–water partition coefficient (Wildman–Crippen LogP) is 5.30. The lowest BCUT2D eigenvalue weighted by molar-refractivity contribution is -0.139. The standard InChI is InChI=1S/C30H33N3O4/c1-4-19-32(28(34)21-36-20-23-11-7-6-8-12-23)22(3)29-31-27-14-10-9-13-26(27)30(35)33(29)24-15-17-25(18-16-24)37-5-2/h6-18,22H,4-5,19-21H2,1-3H3. The van der Waals surface area contributed by atoms with Gasteiger partial charge in [-0.25, -0.2) is 4.98 Å². The van der Waals surface area contributed by atoms with Crippen molar-refractivity contribution in [1.82, 2.24) is 14.5 Å². The molecule has 0 aliphatic heterocycles. The summed E-state index contributed by atoms with van der Waals surface area (Å²) >= 11 is 0. The minimum absolute atomic E-state index is 0.0555. The van der Waals surface area contributed by atoms with E-state index in [0.717, 1.165) is 17.7 Å². The molecule has 1 amide bonds. The van der Waals surface area contributed by atoms with Crippen LogP contribution in [-0.2, 0) is 16.1 Å². The summed E-state index contributed by atoms with van der Waals surface area (Å²) in [5.41, 5.74) is 2.09. The smallest absolute Gasteiger partial charge is 0.266 e. The van der Waals surface area contributed by atoms with Crippen LogP contribution in [0, 0.1) is 0 Å². The zero-order valence-corrected chi connectivity index (χ0v) is 21.6. The van der Waals surface area contributed by atoms with E-state index in [1.807, 2.05) is 93.6 Å². The zero-order chi connectivity index (χ0) is 26.2. The first kappa shape index (κ1) is 26.1. The molecule has 1 unspecified atom stereocenters. The fourth-order valence-electron chi connectivity index (χ4n) is 4.37. The van der Waals surface area contributed by atoms with Crippen molar-refractivity contribution < 1.29 is 14.3 Å². The summed E-state index contributed by atoms with van der Waals surface area (Å²) in [5.74, 6) is 1.07. The van der Waals surface area contributed by atoms with Crippen LogP contribution in [-0.4, -0.2) is 40.1 Å². The number of rotatable bonds is 11. The summed E-state index contributed by atoms with van der Waals surface area (Å²) in [7, 11) is 0. The lowest BCUT2D eigenvalue weighted by Crippen LogP contribution is -2.39. The van der Waals surface area contributed by atoms with Gasteiger partial charge in [0.2, 0.25) is 5.91 Å². The Morgan fingerprint density at radius 1 is 0.973 bits per heavy atom. The molecule has 0 radical (unpaired) electrons. The second-order valence-electron chi connectivity index (χ2n) is 8.80. The molecular weight excluding hydrogens is 466 g/mol. The second kappa shape index (κ2) is 12.3. The quantitative estimate of drug-likeness (QED) is 0.280. The van der Waals surface area contributed by atoms with E-state index in [1.54, 1.807) is 15.5 Å². The van der Waals surface area contributed by atoms with E-state index in [-0.39, 0.29) is 18.1 Å². The Kier molecular flexibility index (Phi) is 8.69. The Balaban J connectivity index is 1.69. The van der Waals surface area contributed by atoms with Gasteiger partial charge in [0.25, 0.3) is 5.56 Å². The number of fused-ring (bicyclic) bond motifs is 1. The van der Waals surface area contributed by atoms with Crippen molar-refractivity contribution in [2.75, 3.05) is 19.8 Å². The maximum atomic E-state index is 13.7. The lowest BCUT2D eigenvalue weighted by atomic mass is 10.1. The first-order chi connectivity index (χ1) is 18.0. The number of carbonyl (C=O) groups is 1. The van der Waals surface area contributed by atoms with Crippen LogP contribution in [0.1, 0.15) is 44.6 Å². The van der Waals surface area contributed by atoms with E-state index in [0.29, 0.717) is 42.2 Å². The van der Waals surface area contributed by atoms with Gasteiger partial charge in [-0.05, 0) is 62.2 Å². The van der Waals surface area contributed by atoms with Crippen molar-refractivity contribution in [3.8, 4) is 11.4 Å². The predicted molar refractivity (Wildman–Crippen MR) is 145 cm³/mol. The van der Waals surface area contributed by atoms with Gasteiger partial charge < -0.3 is 14.4 Å². The minimum Gasteiger partial charge on any atom is -0.494 e. The fourth-order valence-corrected chi connectivity index (χ4v) is 4.37. The SMILES string of the molecule is CCCN(C(=O)COCc1ccccc1)C(C)c1nc2ccccc2c(=O)n1-c1ccc(OCC)cc1. The van der Waals surface area contributed by atoms with Crippen LogP contribution >= 0.6 is 0 Å². The van der Waals surface area contributed by atoms with Gasteiger partial charge in [-0.1, -0.05) is 49.4 Å². The summed E-state index contributed by atoms with van der Waals surface area (Å²) in [4.78, 5) is 33.7. The Bertz CT molecular complexity index is 1380. The molecule has 0 saturated carbocycles. The first-order valence-corrected chi connectivity index (χ1v) is 12.7. The molecule has 7 heteroatoms. The number of hydrogen-bond donors (Lipinski definition) is 0. The number of ether oxygens (including phenoxy) is 2. The van der Waals surface area contributed by atoms with Gasteiger partial charge in [0.15, 0.2) is 0 Å². The summed E-state index contributed by atoms with van der Waals surface area (Å²) in [6.45, 7) is 7.22. The van der Waals surface area contributed by atoms with E-state index in [9.17, 15) is 9.59 Å². The number of amides is 1. The molecular formula is C30H33N3O4. The number of carbonyl (C=O) groups excluding carboxylic acids is 1. The van der Waals surface area contributed by atoms with Gasteiger partial charge in [-0.3, -0.25) is 14.2 Å². The summed E-state index contributed by atoms with van der Waals surface area (Å²) < 4.78 is 12.9. The van der Waals surface area contributed by atoms with Crippen molar-refractivity contribution in [2.24, 2.45) is 0 Å². The molecule has 0 N–H and O–H groups in total. The third-order valence-electron chi connectivity index (χ3n) is 6.17. The van der Waals surface area contributed by atoms with E-state index < -0.39 is 6.04 Å². The van der Waals surface area contributed by atoms with Crippen LogP contribution in [0.3, 0.4) is 0 Å². The highest BCUT2D eigenvalue weighted by Gasteiger charge is 2.26. The maximum Gasteiger partial charge on any atom is 0.266 e. The number of hydrogen-bond acceptors (Lipinski definition) is 5. The molecule has 1 heterocycles. The number of benzene rings is 3. The Morgan fingerprint density at radius 3 is 2.38 bits per heavy atom. The number of aromatic nitrogens is 2. The molecule has 0 aliphatic carbocycles. The number of nitrogens with zero attached hydrogens (tertiary/aromatic N) is 3. The molecule has 0 spiro atoms. The summed E-state index contributed by atoms with van der Waals surface area (Å²) in [6, 6.07) is 23.9. The molecule has 0 fully saturated rings. The maximum absolute atomic E-state index is 13.7. The van der Waals surface area contributed by atoms with Gasteiger partial charge in [0.05, 0.1) is 35.8 Å². The number of para-hydroxylation sites is 1. The molecule has 1 aromatic heterocycles. The topological polar surface area (TPSA) is 73.7 Å². The van der Waals surface area contributed by atoms with Crippen LogP contribution in [0.5, 0.6) is 5.75 Å². The fraction of sp³-hybridized carbons (Fsp3) is 0.300. The van der Waals surface area contributed by atoms with Gasteiger partial charge in [0.1, 0.15) is 18.2 Å². The monoisotopic (exact) mass is 499 g/mol. The largest absolute Gasteiger partial charge is 0.494 e. The summed E-state index contributed by atoms with van der Waals surface area (Å²) in [5, 5.41) is 0.520. The Labute approximate surface area is 217 Å². The lowest BCUT2D eigenvalue weighted by Gasteiger charge is -2.30. The van der Waals surface area contributed by atoms with Crippen molar-refractivity contribution in [3.05, 3.63) is 101 Å². The van der Waals surface area contributed by atoms with Crippen LogP contribution in [0.2, 0.25) is 0 Å². The molecule has 4 rings (SSSR count). The van der Waals surface area contributed by atoms with Gasteiger partial charge in [-0.15, -0.1) is 0 Å². The van der Waals surface area contributed by atoms with E-state index in [1.165, 1.54) is 0 Å². The van der Waals surface area contributed by atoms with E-state index in [2.05, 4.69) is 0 Å². The summed E-state index contributed by atoms with van der Waals surface area (Å²) in [6.07, 6.45) is 0.760. The van der Waals surface area contributed by atoms with Crippen LogP contribution in [0.15, 0.2) is 83.7 Å². The normalized spacial score (nSPS) is 11.9. The average Bonchev–Trinajstić information content (AvgIpc) is 2.92. The van der Waals surface area contributed by atoms with Crippen LogP contribution in [0.4, 0.5) is 0 Å². The molecule has 7 nitrogen and oxygen atoms in total. The molecule has 37 heavy (non-hydrogen) atoms. The first-order valence-electron chi connectivity index (χ1n) is 12.7. The highest BCUT2D eigenvalue weighted by Crippen LogP contribution is 2.24. The molecule has 1 atom stereocenters. The second-order valence-corrected chi connectivity index (χ2v) is 8.80. The molecule has 0 aliphatic rings. The van der Waals surface area contributed by atoms with Crippen molar-refractivity contribution >= 4 is 16.8 Å². The van der Waals surface area contributed by atoms with Crippen molar-refractivity contribution in [1.29, 1.82) is 0 Å². The average molecular weight is 500 g/mol. The third-order valence-corrected chi connectivity index (χ3v) is 6.17. The molecule has 4 aromatic rings. The third kappa shape index (κ3) is 6.06. The van der Waals surface area contributed by atoms with E-state index >= 15 is 0 Å². The zero-order valence-electron chi connectivity index (χ0n) is 21.6. The Hall–Kier alpha value is -3.97. The van der Waals surface area contributed by atoms with Crippen LogP contribution < -0.4 is 10.3 Å². The molecule has 0 saturated heterocycles. The van der Waals surface area contributed by atoms with Gasteiger partial charge in [-0.2, -0.15) is 0 Å². The highest BCUT2D eigenvalue weighted by molar-refractivity contribution is 5.79.